The third-order valence-corrected chi connectivity index (χ3v) is 6.63. The maximum absolute atomic E-state index is 14.2. The topological polar surface area (TPSA) is 103 Å². The zero-order valence-corrected chi connectivity index (χ0v) is 23.9. The van der Waals surface area contributed by atoms with E-state index in [1.165, 1.54) is 0 Å². The van der Waals surface area contributed by atoms with Gasteiger partial charge in [0.15, 0.2) is 0 Å². The quantitative estimate of drug-likeness (QED) is 0.0707. The van der Waals surface area contributed by atoms with Crippen LogP contribution in [0, 0.1) is 29.1 Å². The first-order valence-electron chi connectivity index (χ1n) is 13.6. The van der Waals surface area contributed by atoms with Crippen molar-refractivity contribution in [2.45, 2.75) is 51.2 Å². The number of hydrogen-bond acceptors (Lipinski definition) is 6. The van der Waals surface area contributed by atoms with E-state index >= 15 is 0 Å². The lowest BCUT2D eigenvalue weighted by Crippen LogP contribution is -2.44. The Morgan fingerprint density at radius 2 is 1.32 bits per heavy atom. The number of carbonyl (C=O) groups excluding carboxylic acids is 3. The number of nitrogens with one attached hydrogen (secondary N) is 2. The lowest BCUT2D eigenvalue weighted by atomic mass is 9.98. The predicted molar refractivity (Wildman–Crippen MR) is 147 cm³/mol. The molecule has 0 heterocycles. The van der Waals surface area contributed by atoms with Crippen LogP contribution < -0.4 is 15.4 Å². The van der Waals surface area contributed by atoms with Crippen molar-refractivity contribution in [1.29, 1.82) is 0 Å². The molecule has 0 unspecified atom stereocenters. The summed E-state index contributed by atoms with van der Waals surface area (Å²) in [7, 11) is 0. The molecule has 1 aliphatic rings. The van der Waals surface area contributed by atoms with Gasteiger partial charge in [-0.15, -0.1) is 0 Å². The van der Waals surface area contributed by atoms with Crippen LogP contribution in [0.4, 0.5) is 31.5 Å². The van der Waals surface area contributed by atoms with Gasteiger partial charge in [-0.3, -0.25) is 0 Å². The lowest BCUT2D eigenvalue weighted by molar-refractivity contribution is -0.137. The Kier molecular flexibility index (Phi) is 9.75. The molecule has 2 N–H and O–H groups in total. The van der Waals surface area contributed by atoms with E-state index in [1.54, 1.807) is 20.8 Å². The Bertz CT molecular complexity index is 1500. The summed E-state index contributed by atoms with van der Waals surface area (Å²) in [5.41, 5.74) is 2.99. The summed E-state index contributed by atoms with van der Waals surface area (Å²) >= 11 is 0. The highest BCUT2D eigenvalue weighted by Crippen LogP contribution is 2.44. The molecule has 44 heavy (non-hydrogen) atoms. The van der Waals surface area contributed by atoms with Gasteiger partial charge < -0.3 is 24.8 Å². The first kappa shape index (κ1) is 32.2. The molecule has 8 nitrogen and oxygen atoms in total. The molecule has 0 spiro atoms. The molecular formula is C31H29F5N2O6. The van der Waals surface area contributed by atoms with Gasteiger partial charge in [0.1, 0.15) is 18.2 Å². The molecule has 234 valence electrons. The average molecular weight is 621 g/mol. The van der Waals surface area contributed by atoms with E-state index in [2.05, 4.69) is 15.4 Å². The van der Waals surface area contributed by atoms with Crippen LogP contribution in [0.25, 0.3) is 11.1 Å². The Morgan fingerprint density at radius 1 is 0.795 bits per heavy atom. The number of rotatable bonds is 9. The number of hydrogen-bond donors (Lipinski definition) is 2. The number of esters is 1. The summed E-state index contributed by atoms with van der Waals surface area (Å²) in [5.74, 6) is -15.5. The molecular weight excluding hydrogens is 591 g/mol. The summed E-state index contributed by atoms with van der Waals surface area (Å²) in [6.07, 6.45) is -2.15. The molecule has 2 amide bonds. The van der Waals surface area contributed by atoms with Crippen molar-refractivity contribution in [3.63, 3.8) is 0 Å². The van der Waals surface area contributed by atoms with Crippen LogP contribution >= 0.6 is 0 Å². The molecule has 3 aromatic rings. The summed E-state index contributed by atoms with van der Waals surface area (Å²) in [6, 6.07) is 13.4. The van der Waals surface area contributed by atoms with E-state index in [0.29, 0.717) is 0 Å². The number of halogens is 5. The molecule has 0 fully saturated rings. The standard InChI is InChI=1S/C31H29F5N2O6/c1-31(2,3)44-29(40)37-14-8-13-21(28(39)43-27-25(35)23(33)22(32)24(34)26(27)36)38-30(41)42-15-20-18-11-6-4-9-16(18)17-10-5-7-12-19(17)20/h4-7,9-12,20-21H,8,13-15H2,1-3H3,(H,37,40)(H,38,41)/t21-/m1/s1. The van der Waals surface area contributed by atoms with E-state index in [4.69, 9.17) is 9.47 Å². The van der Waals surface area contributed by atoms with E-state index in [1.807, 2.05) is 48.5 Å². The first-order chi connectivity index (χ1) is 20.8. The van der Waals surface area contributed by atoms with Crippen LogP contribution in [0.15, 0.2) is 48.5 Å². The SMILES string of the molecule is CC(C)(C)OC(=O)NCCC[C@@H](NC(=O)OCC1c2ccccc2-c2ccccc21)C(=O)Oc1c(F)c(F)c(F)c(F)c1F. The minimum atomic E-state index is -2.43. The van der Waals surface area contributed by atoms with Crippen LogP contribution in [0.3, 0.4) is 0 Å². The minimum absolute atomic E-state index is 0.000229. The monoisotopic (exact) mass is 620 g/mol. The second-order valence-corrected chi connectivity index (χ2v) is 10.9. The lowest BCUT2D eigenvalue weighted by Gasteiger charge is -2.21. The first-order valence-corrected chi connectivity index (χ1v) is 13.6. The van der Waals surface area contributed by atoms with E-state index in [9.17, 15) is 36.3 Å². The highest BCUT2D eigenvalue weighted by Gasteiger charge is 2.33. The van der Waals surface area contributed by atoms with Crippen molar-refractivity contribution < 1.29 is 50.5 Å². The Balaban J connectivity index is 1.46. The fourth-order valence-corrected chi connectivity index (χ4v) is 4.69. The number of ether oxygens (including phenoxy) is 3. The normalized spacial score (nSPS) is 13.0. The van der Waals surface area contributed by atoms with Gasteiger partial charge in [0, 0.05) is 12.5 Å². The molecule has 0 saturated carbocycles. The van der Waals surface area contributed by atoms with Crippen molar-refractivity contribution in [3.8, 4) is 16.9 Å². The average Bonchev–Trinajstić information content (AvgIpc) is 3.30. The van der Waals surface area contributed by atoms with Gasteiger partial charge in [-0.05, 0) is 55.9 Å². The maximum atomic E-state index is 14.2. The van der Waals surface area contributed by atoms with Crippen LogP contribution in [-0.2, 0) is 14.3 Å². The summed E-state index contributed by atoms with van der Waals surface area (Å²) in [5, 5.41) is 4.67. The molecule has 1 atom stereocenters. The Labute approximate surface area is 249 Å². The molecule has 3 aromatic carbocycles. The highest BCUT2D eigenvalue weighted by molar-refractivity contribution is 5.83. The molecule has 1 aliphatic carbocycles. The van der Waals surface area contributed by atoms with Gasteiger partial charge in [0.05, 0.1) is 0 Å². The van der Waals surface area contributed by atoms with Crippen molar-refractivity contribution >= 4 is 18.2 Å². The summed E-state index contributed by atoms with van der Waals surface area (Å²) in [4.78, 5) is 37.6. The van der Waals surface area contributed by atoms with Crippen molar-refractivity contribution in [1.82, 2.24) is 10.6 Å². The Hall–Kier alpha value is -4.68. The smallest absolute Gasteiger partial charge is 0.407 e. The van der Waals surface area contributed by atoms with Crippen molar-refractivity contribution in [3.05, 3.63) is 88.7 Å². The third-order valence-electron chi connectivity index (χ3n) is 6.63. The molecule has 0 bridgehead atoms. The number of alkyl carbamates (subject to hydrolysis) is 2. The van der Waals surface area contributed by atoms with Gasteiger partial charge >= 0.3 is 18.2 Å². The van der Waals surface area contributed by atoms with Gasteiger partial charge in [-0.25, -0.2) is 27.6 Å². The van der Waals surface area contributed by atoms with E-state index < -0.39 is 64.6 Å². The summed E-state index contributed by atoms with van der Waals surface area (Å²) in [6.45, 7) is 4.75. The summed E-state index contributed by atoms with van der Waals surface area (Å²) < 4.78 is 84.2. The van der Waals surface area contributed by atoms with Crippen molar-refractivity contribution in [2.24, 2.45) is 0 Å². The van der Waals surface area contributed by atoms with Crippen LogP contribution in [0.2, 0.25) is 0 Å². The second kappa shape index (κ2) is 13.3. The minimum Gasteiger partial charge on any atom is -0.449 e. The largest absolute Gasteiger partial charge is 0.449 e. The number of fused-ring (bicyclic) bond motifs is 3. The Morgan fingerprint density at radius 3 is 1.86 bits per heavy atom. The fourth-order valence-electron chi connectivity index (χ4n) is 4.69. The van der Waals surface area contributed by atoms with E-state index in [0.717, 1.165) is 22.3 Å². The van der Waals surface area contributed by atoms with Crippen LogP contribution in [-0.4, -0.2) is 43.0 Å². The second-order valence-electron chi connectivity index (χ2n) is 10.9. The molecule has 0 aliphatic heterocycles. The van der Waals surface area contributed by atoms with Crippen LogP contribution in [0.1, 0.15) is 50.7 Å². The zero-order valence-electron chi connectivity index (χ0n) is 23.9. The van der Waals surface area contributed by atoms with Gasteiger partial charge in [0.25, 0.3) is 0 Å². The number of carbonyl (C=O) groups is 3. The van der Waals surface area contributed by atoms with Crippen LogP contribution in [0.5, 0.6) is 5.75 Å². The van der Waals surface area contributed by atoms with Crippen molar-refractivity contribution in [2.75, 3.05) is 13.2 Å². The highest BCUT2D eigenvalue weighted by atomic mass is 19.2. The molecule has 0 saturated heterocycles. The molecule has 0 radical (unpaired) electrons. The predicted octanol–water partition coefficient (Wildman–Crippen LogP) is 6.50. The number of amides is 2. The molecule has 4 rings (SSSR count). The van der Waals surface area contributed by atoms with Gasteiger partial charge in [-0.2, -0.15) is 8.78 Å². The van der Waals surface area contributed by atoms with Gasteiger partial charge in [-0.1, -0.05) is 48.5 Å². The zero-order chi connectivity index (χ0) is 32.2. The van der Waals surface area contributed by atoms with E-state index in [-0.39, 0.29) is 31.9 Å². The number of benzene rings is 3. The fraction of sp³-hybridized carbons (Fsp3) is 0.323. The molecule has 13 heteroatoms. The molecule has 0 aromatic heterocycles. The third kappa shape index (κ3) is 7.26. The van der Waals surface area contributed by atoms with Gasteiger partial charge in [0.2, 0.25) is 34.8 Å². The maximum Gasteiger partial charge on any atom is 0.407 e.